The van der Waals surface area contributed by atoms with E-state index in [-0.39, 0.29) is 0 Å². The number of rotatable bonds is 7. The smallest absolute Gasteiger partial charge is 0.193 e. The van der Waals surface area contributed by atoms with Crippen molar-refractivity contribution in [2.24, 2.45) is 10.9 Å². The molecule has 2 heterocycles. The Morgan fingerprint density at radius 1 is 1.33 bits per heavy atom. The van der Waals surface area contributed by atoms with Crippen molar-refractivity contribution in [3.05, 3.63) is 29.3 Å². The molecule has 0 saturated carbocycles. The molecule has 0 bridgehead atoms. The highest BCUT2D eigenvalue weighted by atomic mass is 35.5. The van der Waals surface area contributed by atoms with Crippen molar-refractivity contribution in [3.63, 3.8) is 0 Å². The van der Waals surface area contributed by atoms with Crippen molar-refractivity contribution >= 4 is 23.2 Å². The Morgan fingerprint density at radius 3 is 2.89 bits per heavy atom. The molecule has 6 nitrogen and oxygen atoms in total. The van der Waals surface area contributed by atoms with Gasteiger partial charge in [0, 0.05) is 69.6 Å². The molecule has 2 aliphatic heterocycles. The van der Waals surface area contributed by atoms with E-state index in [0.717, 1.165) is 83.0 Å². The average Bonchev–Trinajstić information content (AvgIpc) is 3.21. The highest BCUT2D eigenvalue weighted by Gasteiger charge is 2.20. The van der Waals surface area contributed by atoms with Crippen LogP contribution >= 0.6 is 11.6 Å². The van der Waals surface area contributed by atoms with E-state index in [1.54, 1.807) is 0 Å². The first-order chi connectivity index (χ1) is 13.3. The van der Waals surface area contributed by atoms with Gasteiger partial charge in [0.25, 0.3) is 0 Å². The molecule has 2 saturated heterocycles. The summed E-state index contributed by atoms with van der Waals surface area (Å²) in [6.45, 7) is 8.05. The number of halogens is 1. The number of ether oxygens (including phenoxy) is 2. The number of benzene rings is 1. The van der Waals surface area contributed by atoms with Crippen molar-refractivity contribution in [1.82, 2.24) is 10.2 Å². The van der Waals surface area contributed by atoms with Crippen LogP contribution in [-0.2, 0) is 9.47 Å². The van der Waals surface area contributed by atoms with E-state index >= 15 is 0 Å². The van der Waals surface area contributed by atoms with Crippen LogP contribution in [0.2, 0.25) is 5.02 Å². The lowest BCUT2D eigenvalue weighted by molar-refractivity contribution is 0.0887. The van der Waals surface area contributed by atoms with Crippen molar-refractivity contribution in [3.8, 4) is 0 Å². The van der Waals surface area contributed by atoms with Crippen LogP contribution in [0.5, 0.6) is 0 Å². The van der Waals surface area contributed by atoms with Crippen molar-refractivity contribution in [1.29, 1.82) is 0 Å². The molecule has 1 N–H and O–H groups in total. The third-order valence-electron chi connectivity index (χ3n) is 5.09. The summed E-state index contributed by atoms with van der Waals surface area (Å²) in [4.78, 5) is 9.13. The molecule has 27 heavy (non-hydrogen) atoms. The number of aliphatic imine (C=N–C) groups is 1. The SMILES string of the molecule is CN=C(NCCCOCC1CCOC1)N1CCN(c2cccc(Cl)c2)CC1. The first-order valence-electron chi connectivity index (χ1n) is 9.88. The van der Waals surface area contributed by atoms with E-state index in [1.807, 2.05) is 25.2 Å². The molecule has 1 unspecified atom stereocenters. The molecule has 3 rings (SSSR count). The maximum atomic E-state index is 6.11. The molecule has 0 aliphatic carbocycles. The second-order valence-electron chi connectivity index (χ2n) is 7.09. The van der Waals surface area contributed by atoms with Crippen LogP contribution in [0, 0.1) is 5.92 Å². The van der Waals surface area contributed by atoms with Crippen LogP contribution in [0.25, 0.3) is 0 Å². The maximum Gasteiger partial charge on any atom is 0.193 e. The van der Waals surface area contributed by atoms with Gasteiger partial charge in [-0.15, -0.1) is 0 Å². The molecule has 0 aromatic heterocycles. The molecular weight excluding hydrogens is 364 g/mol. The highest BCUT2D eigenvalue weighted by molar-refractivity contribution is 6.30. The number of nitrogens with zero attached hydrogens (tertiary/aromatic N) is 3. The third kappa shape index (κ3) is 6.26. The Bertz CT molecular complexity index is 599. The van der Waals surface area contributed by atoms with Crippen LogP contribution < -0.4 is 10.2 Å². The summed E-state index contributed by atoms with van der Waals surface area (Å²) in [5.74, 6) is 1.56. The van der Waals surface area contributed by atoms with E-state index in [2.05, 4.69) is 26.2 Å². The standard InChI is InChI=1S/C20H31ClN4O2/c1-22-20(23-7-3-12-26-15-17-6-13-27-16-17)25-10-8-24(9-11-25)19-5-2-4-18(21)14-19/h2,4-5,14,17H,3,6-13,15-16H2,1H3,(H,22,23). The summed E-state index contributed by atoms with van der Waals surface area (Å²) in [5, 5.41) is 4.25. The largest absolute Gasteiger partial charge is 0.381 e. The van der Waals surface area contributed by atoms with Gasteiger partial charge in [-0.2, -0.15) is 0 Å². The molecule has 0 radical (unpaired) electrons. The van der Waals surface area contributed by atoms with Crippen LogP contribution in [-0.4, -0.2) is 77.1 Å². The number of hydrogen-bond donors (Lipinski definition) is 1. The molecule has 2 aliphatic rings. The van der Waals surface area contributed by atoms with Crippen molar-refractivity contribution in [2.45, 2.75) is 12.8 Å². The fourth-order valence-electron chi connectivity index (χ4n) is 3.52. The molecule has 0 spiro atoms. The van der Waals surface area contributed by atoms with Gasteiger partial charge in [-0.25, -0.2) is 0 Å². The first-order valence-corrected chi connectivity index (χ1v) is 10.3. The molecule has 1 aromatic carbocycles. The summed E-state index contributed by atoms with van der Waals surface area (Å²) < 4.78 is 11.1. The lowest BCUT2D eigenvalue weighted by Gasteiger charge is -2.37. The van der Waals surface area contributed by atoms with Gasteiger partial charge in [0.2, 0.25) is 0 Å². The van der Waals surface area contributed by atoms with Gasteiger partial charge in [-0.05, 0) is 31.0 Å². The summed E-state index contributed by atoms with van der Waals surface area (Å²) in [7, 11) is 1.85. The number of anilines is 1. The second kappa shape index (κ2) is 10.7. The second-order valence-corrected chi connectivity index (χ2v) is 7.52. The minimum Gasteiger partial charge on any atom is -0.381 e. The zero-order chi connectivity index (χ0) is 18.9. The lowest BCUT2D eigenvalue weighted by atomic mass is 10.1. The quantitative estimate of drug-likeness (QED) is 0.437. The maximum absolute atomic E-state index is 6.11. The Labute approximate surface area is 167 Å². The Kier molecular flexibility index (Phi) is 8.05. The van der Waals surface area contributed by atoms with Crippen LogP contribution in [0.1, 0.15) is 12.8 Å². The van der Waals surface area contributed by atoms with Gasteiger partial charge >= 0.3 is 0 Å². The predicted molar refractivity (Wildman–Crippen MR) is 111 cm³/mol. The topological polar surface area (TPSA) is 49.3 Å². The summed E-state index contributed by atoms with van der Waals surface area (Å²) in [6, 6.07) is 8.07. The van der Waals surface area contributed by atoms with Crippen LogP contribution in [0.3, 0.4) is 0 Å². The monoisotopic (exact) mass is 394 g/mol. The highest BCUT2D eigenvalue weighted by Crippen LogP contribution is 2.20. The molecule has 2 fully saturated rings. The Hall–Kier alpha value is -1.50. The Balaban J connectivity index is 1.32. The zero-order valence-electron chi connectivity index (χ0n) is 16.2. The van der Waals surface area contributed by atoms with Gasteiger partial charge in [0.1, 0.15) is 0 Å². The fraction of sp³-hybridized carbons (Fsp3) is 0.650. The van der Waals surface area contributed by atoms with E-state index in [1.165, 1.54) is 5.69 Å². The molecule has 150 valence electrons. The van der Waals surface area contributed by atoms with Crippen LogP contribution in [0.15, 0.2) is 29.3 Å². The van der Waals surface area contributed by atoms with Crippen molar-refractivity contribution < 1.29 is 9.47 Å². The molecular formula is C20H31ClN4O2. The molecule has 0 amide bonds. The molecule has 7 heteroatoms. The predicted octanol–water partition coefficient (Wildman–Crippen LogP) is 2.48. The first kappa shape index (κ1) is 20.2. The van der Waals surface area contributed by atoms with Gasteiger partial charge in [0.15, 0.2) is 5.96 Å². The number of guanidine groups is 1. The minimum atomic E-state index is 0.585. The average molecular weight is 395 g/mol. The number of nitrogens with one attached hydrogen (secondary N) is 1. The third-order valence-corrected chi connectivity index (χ3v) is 5.33. The number of hydrogen-bond acceptors (Lipinski definition) is 4. The zero-order valence-corrected chi connectivity index (χ0v) is 17.0. The lowest BCUT2D eigenvalue weighted by Crippen LogP contribution is -2.52. The fourth-order valence-corrected chi connectivity index (χ4v) is 3.71. The Morgan fingerprint density at radius 2 is 2.19 bits per heavy atom. The minimum absolute atomic E-state index is 0.585. The van der Waals surface area contributed by atoms with E-state index in [9.17, 15) is 0 Å². The van der Waals surface area contributed by atoms with E-state index < -0.39 is 0 Å². The molecule has 1 atom stereocenters. The normalized spacial score (nSPS) is 21.0. The van der Waals surface area contributed by atoms with Crippen LogP contribution in [0.4, 0.5) is 5.69 Å². The van der Waals surface area contributed by atoms with E-state index in [0.29, 0.717) is 5.92 Å². The number of piperazine rings is 1. The van der Waals surface area contributed by atoms with E-state index in [4.69, 9.17) is 21.1 Å². The summed E-state index contributed by atoms with van der Waals surface area (Å²) in [5.41, 5.74) is 1.19. The summed E-state index contributed by atoms with van der Waals surface area (Å²) in [6.07, 6.45) is 2.11. The van der Waals surface area contributed by atoms with Gasteiger partial charge in [-0.3, -0.25) is 4.99 Å². The van der Waals surface area contributed by atoms with Gasteiger partial charge < -0.3 is 24.6 Å². The van der Waals surface area contributed by atoms with Gasteiger partial charge in [-0.1, -0.05) is 17.7 Å². The van der Waals surface area contributed by atoms with Crippen molar-refractivity contribution in [2.75, 3.05) is 71.1 Å². The molecule has 1 aromatic rings. The van der Waals surface area contributed by atoms with Gasteiger partial charge in [0.05, 0.1) is 13.2 Å². The summed E-state index contributed by atoms with van der Waals surface area (Å²) >= 11 is 6.11.